The number of benzene rings is 2. The van der Waals surface area contributed by atoms with Crippen LogP contribution in [0.1, 0.15) is 17.3 Å². The summed E-state index contributed by atoms with van der Waals surface area (Å²) in [7, 11) is 1.34. The van der Waals surface area contributed by atoms with Crippen molar-refractivity contribution in [2.75, 3.05) is 26.9 Å². The summed E-state index contributed by atoms with van der Waals surface area (Å²) in [5.41, 5.74) is 1.30. The van der Waals surface area contributed by atoms with Crippen LogP contribution < -0.4 is 9.54 Å². The molecular formula is C21H21ClN2O5S. The summed E-state index contributed by atoms with van der Waals surface area (Å²) in [4.78, 5) is 29.0. The monoisotopic (exact) mass is 448 g/mol. The molecule has 0 spiro atoms. The van der Waals surface area contributed by atoms with Crippen molar-refractivity contribution in [1.82, 2.24) is 4.57 Å². The van der Waals surface area contributed by atoms with E-state index in [0.29, 0.717) is 40.9 Å². The number of amides is 1. The SMILES string of the molecule is CCOCCn1c(=NC(=O)COc2ccc(Cl)cc2)sc2cc(C(=O)OC)ccc21. The van der Waals surface area contributed by atoms with Gasteiger partial charge in [-0.15, -0.1) is 0 Å². The molecule has 1 heterocycles. The maximum Gasteiger partial charge on any atom is 0.337 e. The first-order valence-corrected chi connectivity index (χ1v) is 10.5. The number of rotatable bonds is 8. The highest BCUT2D eigenvalue weighted by atomic mass is 35.5. The molecule has 3 aromatic rings. The molecule has 0 unspecified atom stereocenters. The van der Waals surface area contributed by atoms with Crippen LogP contribution >= 0.6 is 22.9 Å². The van der Waals surface area contributed by atoms with Gasteiger partial charge in [-0.25, -0.2) is 4.79 Å². The number of hydrogen-bond donors (Lipinski definition) is 0. The van der Waals surface area contributed by atoms with E-state index < -0.39 is 11.9 Å². The number of ether oxygens (including phenoxy) is 3. The molecule has 3 rings (SSSR count). The number of carbonyl (C=O) groups excluding carboxylic acids is 2. The molecule has 1 amide bonds. The Kier molecular flexibility index (Phi) is 7.62. The Morgan fingerprint density at radius 2 is 1.93 bits per heavy atom. The molecule has 0 radical (unpaired) electrons. The van der Waals surface area contributed by atoms with Gasteiger partial charge in [0.15, 0.2) is 11.4 Å². The summed E-state index contributed by atoms with van der Waals surface area (Å²) < 4.78 is 18.4. The Morgan fingerprint density at radius 1 is 1.17 bits per heavy atom. The van der Waals surface area contributed by atoms with Crippen molar-refractivity contribution in [2.24, 2.45) is 4.99 Å². The molecular weight excluding hydrogens is 428 g/mol. The summed E-state index contributed by atoms with van der Waals surface area (Å²) in [6.07, 6.45) is 0. The van der Waals surface area contributed by atoms with Crippen molar-refractivity contribution < 1.29 is 23.8 Å². The molecule has 0 atom stereocenters. The number of thiazole rings is 1. The van der Waals surface area contributed by atoms with E-state index in [1.807, 2.05) is 17.6 Å². The average molecular weight is 449 g/mol. The Balaban J connectivity index is 1.88. The van der Waals surface area contributed by atoms with Gasteiger partial charge in [-0.2, -0.15) is 4.99 Å². The second-order valence-corrected chi connectivity index (χ2v) is 7.60. The fourth-order valence-corrected chi connectivity index (χ4v) is 3.97. The van der Waals surface area contributed by atoms with Gasteiger partial charge in [-0.3, -0.25) is 4.79 Å². The Hall–Kier alpha value is -2.68. The van der Waals surface area contributed by atoms with Crippen LogP contribution in [0.2, 0.25) is 5.02 Å². The predicted octanol–water partition coefficient (Wildman–Crippen LogP) is 3.69. The highest BCUT2D eigenvalue weighted by Crippen LogP contribution is 2.20. The normalized spacial score (nSPS) is 11.6. The third kappa shape index (κ3) is 5.47. The molecule has 2 aromatic carbocycles. The summed E-state index contributed by atoms with van der Waals surface area (Å²) in [5.74, 6) is -0.307. The first kappa shape index (κ1) is 22.0. The van der Waals surface area contributed by atoms with E-state index in [-0.39, 0.29) is 6.61 Å². The first-order chi connectivity index (χ1) is 14.5. The molecule has 0 aliphatic rings. The summed E-state index contributed by atoms with van der Waals surface area (Å²) in [6, 6.07) is 12.0. The van der Waals surface area contributed by atoms with Gasteiger partial charge in [0.25, 0.3) is 5.91 Å². The van der Waals surface area contributed by atoms with Gasteiger partial charge in [0.05, 0.1) is 29.5 Å². The van der Waals surface area contributed by atoms with Crippen LogP contribution in [-0.4, -0.2) is 43.4 Å². The number of nitrogens with zero attached hydrogens (tertiary/aromatic N) is 2. The minimum absolute atomic E-state index is 0.200. The average Bonchev–Trinajstić information content (AvgIpc) is 3.09. The lowest BCUT2D eigenvalue weighted by molar-refractivity contribution is -0.120. The standard InChI is InChI=1S/C21H21ClN2O5S/c1-3-28-11-10-24-17-9-4-14(20(26)27-2)12-18(17)30-21(24)23-19(25)13-29-16-7-5-15(22)6-8-16/h4-9,12H,3,10-11,13H2,1-2H3. The zero-order valence-corrected chi connectivity index (χ0v) is 18.2. The lowest BCUT2D eigenvalue weighted by Crippen LogP contribution is -2.21. The van der Waals surface area contributed by atoms with Crippen LogP contribution in [0.5, 0.6) is 5.75 Å². The Morgan fingerprint density at radius 3 is 2.63 bits per heavy atom. The van der Waals surface area contributed by atoms with Gasteiger partial charge in [-0.1, -0.05) is 22.9 Å². The molecule has 0 N–H and O–H groups in total. The number of halogens is 1. The number of hydrogen-bond acceptors (Lipinski definition) is 6. The molecule has 0 aliphatic carbocycles. The quantitative estimate of drug-likeness (QED) is 0.388. The van der Waals surface area contributed by atoms with E-state index in [4.69, 9.17) is 25.8 Å². The maximum absolute atomic E-state index is 12.4. The fraction of sp³-hybridized carbons (Fsp3) is 0.286. The van der Waals surface area contributed by atoms with E-state index in [9.17, 15) is 9.59 Å². The van der Waals surface area contributed by atoms with Crippen LogP contribution in [0.15, 0.2) is 47.5 Å². The Bertz CT molecular complexity index is 1100. The molecule has 1 aromatic heterocycles. The number of fused-ring (bicyclic) bond motifs is 1. The molecule has 0 fully saturated rings. The second kappa shape index (κ2) is 10.4. The number of carbonyl (C=O) groups is 2. The van der Waals surface area contributed by atoms with Gasteiger partial charge in [0.2, 0.25) is 0 Å². The molecule has 158 valence electrons. The van der Waals surface area contributed by atoms with E-state index in [1.54, 1.807) is 36.4 Å². The van der Waals surface area contributed by atoms with E-state index >= 15 is 0 Å². The molecule has 9 heteroatoms. The summed E-state index contributed by atoms with van der Waals surface area (Å²) >= 11 is 7.16. The maximum atomic E-state index is 12.4. The van der Waals surface area contributed by atoms with Gasteiger partial charge < -0.3 is 18.8 Å². The highest BCUT2D eigenvalue weighted by Gasteiger charge is 2.12. The molecule has 30 heavy (non-hydrogen) atoms. The minimum Gasteiger partial charge on any atom is -0.484 e. The number of methoxy groups -OCH3 is 1. The van der Waals surface area contributed by atoms with Crippen molar-refractivity contribution in [3.05, 3.63) is 57.9 Å². The third-order valence-electron chi connectivity index (χ3n) is 4.16. The molecule has 7 nitrogen and oxygen atoms in total. The highest BCUT2D eigenvalue weighted by molar-refractivity contribution is 7.16. The van der Waals surface area contributed by atoms with E-state index in [1.165, 1.54) is 18.4 Å². The van der Waals surface area contributed by atoms with Crippen LogP contribution in [0.4, 0.5) is 0 Å². The molecule has 0 saturated carbocycles. The van der Waals surface area contributed by atoms with Crippen LogP contribution in [0, 0.1) is 0 Å². The topological polar surface area (TPSA) is 79.1 Å². The van der Waals surface area contributed by atoms with Gasteiger partial charge in [-0.05, 0) is 49.4 Å². The molecule has 0 aliphatic heterocycles. The zero-order chi connectivity index (χ0) is 21.5. The van der Waals surface area contributed by atoms with Crippen molar-refractivity contribution in [2.45, 2.75) is 13.5 Å². The largest absolute Gasteiger partial charge is 0.484 e. The van der Waals surface area contributed by atoms with Crippen molar-refractivity contribution >= 4 is 45.0 Å². The van der Waals surface area contributed by atoms with Crippen LogP contribution in [-0.2, 0) is 20.8 Å². The predicted molar refractivity (Wildman–Crippen MR) is 115 cm³/mol. The van der Waals surface area contributed by atoms with Crippen molar-refractivity contribution in [3.63, 3.8) is 0 Å². The van der Waals surface area contributed by atoms with Crippen molar-refractivity contribution in [1.29, 1.82) is 0 Å². The third-order valence-corrected chi connectivity index (χ3v) is 5.46. The van der Waals surface area contributed by atoms with Gasteiger partial charge in [0.1, 0.15) is 5.75 Å². The number of esters is 1. The lowest BCUT2D eigenvalue weighted by Gasteiger charge is -2.06. The fourth-order valence-electron chi connectivity index (χ4n) is 2.73. The summed E-state index contributed by atoms with van der Waals surface area (Å²) in [5, 5.41) is 0.588. The smallest absolute Gasteiger partial charge is 0.337 e. The van der Waals surface area contributed by atoms with Gasteiger partial charge in [0, 0.05) is 18.2 Å². The first-order valence-electron chi connectivity index (χ1n) is 9.27. The molecule has 0 bridgehead atoms. The molecule has 0 saturated heterocycles. The summed E-state index contributed by atoms with van der Waals surface area (Å²) in [6.45, 7) is 3.31. The van der Waals surface area contributed by atoms with Crippen molar-refractivity contribution in [3.8, 4) is 5.75 Å². The number of aromatic nitrogens is 1. The van der Waals surface area contributed by atoms with Gasteiger partial charge >= 0.3 is 5.97 Å². The second-order valence-electron chi connectivity index (χ2n) is 6.16. The lowest BCUT2D eigenvalue weighted by atomic mass is 10.2. The van der Waals surface area contributed by atoms with E-state index in [2.05, 4.69) is 4.99 Å². The minimum atomic E-state index is -0.421. The van der Waals surface area contributed by atoms with E-state index in [0.717, 1.165) is 10.2 Å². The Labute approximate surface area is 182 Å². The van der Waals surface area contributed by atoms with Crippen LogP contribution in [0.25, 0.3) is 10.2 Å². The zero-order valence-electron chi connectivity index (χ0n) is 16.6. The van der Waals surface area contributed by atoms with Crippen LogP contribution in [0.3, 0.4) is 0 Å².